The molecule has 17 heavy (non-hydrogen) atoms. The van der Waals surface area contributed by atoms with Crippen LogP contribution >= 0.6 is 0 Å². The number of rotatable bonds is 7. The van der Waals surface area contributed by atoms with Gasteiger partial charge in [0.2, 0.25) is 0 Å². The summed E-state index contributed by atoms with van der Waals surface area (Å²) < 4.78 is 23.4. The van der Waals surface area contributed by atoms with Gasteiger partial charge >= 0.3 is 5.97 Å². The Bertz CT molecular complexity index is 451. The van der Waals surface area contributed by atoms with E-state index >= 15 is 0 Å². The maximum absolute atomic E-state index is 11.7. The molecule has 4 nitrogen and oxygen atoms in total. The lowest BCUT2D eigenvalue weighted by molar-refractivity contribution is -0.137. The molecule has 1 aromatic rings. The second-order valence-electron chi connectivity index (χ2n) is 3.93. The van der Waals surface area contributed by atoms with E-state index in [1.807, 2.05) is 6.07 Å². The number of hydrogen-bond donors (Lipinski definition) is 1. The first-order chi connectivity index (χ1) is 7.99. The van der Waals surface area contributed by atoms with Gasteiger partial charge in [0.05, 0.1) is 11.5 Å². The Morgan fingerprint density at radius 2 is 1.76 bits per heavy atom. The molecule has 1 N–H and O–H groups in total. The largest absolute Gasteiger partial charge is 0.481 e. The van der Waals surface area contributed by atoms with Crippen LogP contribution in [-0.2, 0) is 20.4 Å². The van der Waals surface area contributed by atoms with E-state index in [0.29, 0.717) is 12.8 Å². The number of aliphatic carboxylic acids is 1. The number of sulfone groups is 1. The Morgan fingerprint density at radius 3 is 2.35 bits per heavy atom. The van der Waals surface area contributed by atoms with Gasteiger partial charge in [0.15, 0.2) is 9.84 Å². The first-order valence-electron chi connectivity index (χ1n) is 5.46. The topological polar surface area (TPSA) is 71.4 Å². The first-order valence-corrected chi connectivity index (χ1v) is 7.28. The van der Waals surface area contributed by atoms with Gasteiger partial charge in [-0.05, 0) is 18.4 Å². The number of hydrogen-bond acceptors (Lipinski definition) is 3. The molecule has 94 valence electrons. The van der Waals surface area contributed by atoms with Crippen LogP contribution in [0.3, 0.4) is 0 Å². The summed E-state index contributed by atoms with van der Waals surface area (Å²) in [5.74, 6) is -0.804. The van der Waals surface area contributed by atoms with Crippen LogP contribution in [0.1, 0.15) is 24.8 Å². The molecule has 0 aliphatic carbocycles. The molecule has 0 heterocycles. The van der Waals surface area contributed by atoms with E-state index < -0.39 is 15.8 Å². The average Bonchev–Trinajstić information content (AvgIpc) is 2.25. The molecule has 5 heteroatoms. The van der Waals surface area contributed by atoms with Gasteiger partial charge in [-0.1, -0.05) is 30.3 Å². The minimum absolute atomic E-state index is 0.0286. The fourth-order valence-corrected chi connectivity index (χ4v) is 2.99. The summed E-state index contributed by atoms with van der Waals surface area (Å²) in [4.78, 5) is 10.3. The molecule has 0 unspecified atom stereocenters. The zero-order valence-corrected chi connectivity index (χ0v) is 10.3. The molecule has 0 radical (unpaired) electrons. The summed E-state index contributed by atoms with van der Waals surface area (Å²) in [7, 11) is -3.13. The van der Waals surface area contributed by atoms with Crippen LogP contribution in [0.25, 0.3) is 0 Å². The molecule has 0 saturated carbocycles. The summed E-state index contributed by atoms with van der Waals surface area (Å²) in [5.41, 5.74) is 0.769. The van der Waals surface area contributed by atoms with Crippen LogP contribution in [0.5, 0.6) is 0 Å². The number of carbonyl (C=O) groups is 1. The first kappa shape index (κ1) is 13.7. The molecule has 0 saturated heterocycles. The van der Waals surface area contributed by atoms with Crippen molar-refractivity contribution in [1.82, 2.24) is 0 Å². The van der Waals surface area contributed by atoms with Crippen molar-refractivity contribution in [1.29, 1.82) is 0 Å². The minimum atomic E-state index is -3.13. The van der Waals surface area contributed by atoms with Crippen LogP contribution < -0.4 is 0 Å². The summed E-state index contributed by atoms with van der Waals surface area (Å²) in [5, 5.41) is 8.43. The molecule has 0 aromatic heterocycles. The number of unbranched alkanes of at least 4 members (excludes halogenated alkanes) is 1. The average molecular weight is 256 g/mol. The Hall–Kier alpha value is -1.36. The standard InChI is InChI=1S/C12H16O4S/c13-12(14)8-4-5-9-17(15,16)10-11-6-2-1-3-7-11/h1-3,6-7H,4-5,8-10H2,(H,13,14). The van der Waals surface area contributed by atoms with Crippen LogP contribution in [-0.4, -0.2) is 25.2 Å². The highest BCUT2D eigenvalue weighted by molar-refractivity contribution is 7.90. The lowest BCUT2D eigenvalue weighted by atomic mass is 10.2. The predicted molar refractivity (Wildman–Crippen MR) is 65.4 cm³/mol. The Morgan fingerprint density at radius 1 is 1.12 bits per heavy atom. The van der Waals surface area contributed by atoms with E-state index in [2.05, 4.69) is 0 Å². The molecule has 0 fully saturated rings. The Balaban J connectivity index is 2.39. The number of carboxylic acid groups (broad SMARTS) is 1. The molecule has 0 bridgehead atoms. The van der Waals surface area contributed by atoms with Gasteiger partial charge < -0.3 is 5.11 Å². The molecular weight excluding hydrogens is 240 g/mol. The lowest BCUT2D eigenvalue weighted by Gasteiger charge is -2.03. The molecule has 0 amide bonds. The predicted octanol–water partition coefficient (Wildman–Crippen LogP) is 1.86. The van der Waals surface area contributed by atoms with Crippen molar-refractivity contribution in [3.05, 3.63) is 35.9 Å². The van der Waals surface area contributed by atoms with Crippen molar-refractivity contribution in [3.63, 3.8) is 0 Å². The van der Waals surface area contributed by atoms with E-state index in [4.69, 9.17) is 5.11 Å². The molecule has 0 aliphatic rings. The third-order valence-electron chi connectivity index (χ3n) is 2.33. The zero-order valence-electron chi connectivity index (χ0n) is 9.50. The van der Waals surface area contributed by atoms with E-state index in [-0.39, 0.29) is 17.9 Å². The fourth-order valence-electron chi connectivity index (χ4n) is 1.50. The quantitative estimate of drug-likeness (QED) is 0.756. The molecule has 0 spiro atoms. The lowest BCUT2D eigenvalue weighted by Crippen LogP contribution is -2.09. The number of carboxylic acids is 1. The monoisotopic (exact) mass is 256 g/mol. The van der Waals surface area contributed by atoms with Gasteiger partial charge in [-0.2, -0.15) is 0 Å². The van der Waals surface area contributed by atoms with Crippen molar-refractivity contribution in [2.45, 2.75) is 25.0 Å². The smallest absolute Gasteiger partial charge is 0.303 e. The highest BCUT2D eigenvalue weighted by Gasteiger charge is 2.11. The van der Waals surface area contributed by atoms with Crippen LogP contribution in [0.4, 0.5) is 0 Å². The summed E-state index contributed by atoms with van der Waals surface area (Å²) >= 11 is 0. The molecule has 0 atom stereocenters. The maximum atomic E-state index is 11.7. The molecule has 1 aromatic carbocycles. The third-order valence-corrected chi connectivity index (χ3v) is 4.01. The van der Waals surface area contributed by atoms with Gasteiger partial charge in [0, 0.05) is 6.42 Å². The van der Waals surface area contributed by atoms with Crippen molar-refractivity contribution in [2.24, 2.45) is 0 Å². The Kier molecular flexibility index (Phi) is 5.15. The van der Waals surface area contributed by atoms with Crippen LogP contribution in [0.2, 0.25) is 0 Å². The normalized spacial score (nSPS) is 11.3. The van der Waals surface area contributed by atoms with Crippen molar-refractivity contribution in [2.75, 3.05) is 5.75 Å². The van der Waals surface area contributed by atoms with Crippen molar-refractivity contribution >= 4 is 15.8 Å². The van der Waals surface area contributed by atoms with Crippen LogP contribution in [0.15, 0.2) is 30.3 Å². The van der Waals surface area contributed by atoms with Gasteiger partial charge in [-0.3, -0.25) is 4.79 Å². The highest BCUT2D eigenvalue weighted by Crippen LogP contribution is 2.08. The molecule has 0 aliphatic heterocycles. The van der Waals surface area contributed by atoms with E-state index in [0.717, 1.165) is 5.56 Å². The van der Waals surface area contributed by atoms with Crippen LogP contribution in [0, 0.1) is 0 Å². The second-order valence-corrected chi connectivity index (χ2v) is 6.11. The molecule has 1 rings (SSSR count). The minimum Gasteiger partial charge on any atom is -0.481 e. The van der Waals surface area contributed by atoms with Gasteiger partial charge in [0.1, 0.15) is 0 Å². The maximum Gasteiger partial charge on any atom is 0.303 e. The van der Waals surface area contributed by atoms with Gasteiger partial charge in [0.25, 0.3) is 0 Å². The summed E-state index contributed by atoms with van der Waals surface area (Å²) in [6.45, 7) is 0. The highest BCUT2D eigenvalue weighted by atomic mass is 32.2. The van der Waals surface area contributed by atoms with Crippen molar-refractivity contribution in [3.8, 4) is 0 Å². The van der Waals surface area contributed by atoms with Gasteiger partial charge in [-0.25, -0.2) is 8.42 Å². The summed E-state index contributed by atoms with van der Waals surface area (Å²) in [6, 6.07) is 8.98. The summed E-state index contributed by atoms with van der Waals surface area (Å²) in [6.07, 6.45) is 0.839. The number of benzene rings is 1. The Labute approximate surface area is 101 Å². The third kappa shape index (κ3) is 6.06. The van der Waals surface area contributed by atoms with E-state index in [1.54, 1.807) is 24.3 Å². The van der Waals surface area contributed by atoms with E-state index in [9.17, 15) is 13.2 Å². The second kappa shape index (κ2) is 6.39. The fraction of sp³-hybridized carbons (Fsp3) is 0.417. The van der Waals surface area contributed by atoms with Gasteiger partial charge in [-0.15, -0.1) is 0 Å². The van der Waals surface area contributed by atoms with E-state index in [1.165, 1.54) is 0 Å². The molecular formula is C12H16O4S. The zero-order chi connectivity index (χ0) is 12.7. The van der Waals surface area contributed by atoms with Crippen molar-refractivity contribution < 1.29 is 18.3 Å². The SMILES string of the molecule is O=C(O)CCCCS(=O)(=O)Cc1ccccc1.